The molecule has 158 valence electrons. The summed E-state index contributed by atoms with van der Waals surface area (Å²) in [6, 6.07) is 8.17. The van der Waals surface area contributed by atoms with Gasteiger partial charge in [0.1, 0.15) is 10.6 Å². The van der Waals surface area contributed by atoms with E-state index in [1.807, 2.05) is 23.5 Å². The molecule has 1 unspecified atom stereocenters. The third kappa shape index (κ3) is 3.44. The van der Waals surface area contributed by atoms with Gasteiger partial charge in [0.2, 0.25) is 0 Å². The summed E-state index contributed by atoms with van der Waals surface area (Å²) in [7, 11) is 1.68. The predicted molar refractivity (Wildman–Crippen MR) is 119 cm³/mol. The monoisotopic (exact) mass is 440 g/mol. The number of Topliss-reactive ketones (excluding diaryl/α,β-unsaturated/α-hetero) is 1. The van der Waals surface area contributed by atoms with E-state index in [4.69, 9.17) is 9.72 Å². The van der Waals surface area contributed by atoms with Gasteiger partial charge in [-0.15, -0.1) is 11.3 Å². The second kappa shape index (κ2) is 7.65. The first-order valence-electron chi connectivity index (χ1n) is 10.5. The second-order valence-corrected chi connectivity index (χ2v) is 10.6. The van der Waals surface area contributed by atoms with Gasteiger partial charge in [-0.2, -0.15) is 0 Å². The number of methoxy groups -OCH3 is 1. The highest BCUT2D eigenvalue weighted by molar-refractivity contribution is 7.19. The first-order valence-corrected chi connectivity index (χ1v) is 11.3. The minimum atomic E-state index is -0.0344. The smallest absolute Gasteiger partial charge is 0.165 e. The molecular weight excluding hydrogens is 414 g/mol. The van der Waals surface area contributed by atoms with Gasteiger partial charge in [-0.1, -0.05) is 32.9 Å². The zero-order valence-electron chi connectivity index (χ0n) is 18.0. The lowest BCUT2D eigenvalue weighted by molar-refractivity contribution is -0.0000167. The Morgan fingerprint density at radius 2 is 1.87 bits per heavy atom. The van der Waals surface area contributed by atoms with Crippen LogP contribution in [-0.4, -0.2) is 17.9 Å². The highest BCUT2D eigenvalue weighted by Crippen LogP contribution is 2.47. The van der Waals surface area contributed by atoms with Crippen LogP contribution in [0, 0.1) is 11.3 Å². The third-order valence-corrected chi connectivity index (χ3v) is 7.61. The molecule has 5 heteroatoms. The topological polar surface area (TPSA) is 39.2 Å². The van der Waals surface area contributed by atoms with Crippen LogP contribution < -0.4 is 17.1 Å². The van der Waals surface area contributed by atoms with Crippen LogP contribution in [0.2, 0.25) is 0 Å². The Kier molecular flexibility index (Phi) is 5.44. The molecule has 0 fully saturated rings. The van der Waals surface area contributed by atoms with Crippen molar-refractivity contribution in [2.45, 2.75) is 52.9 Å². The molecule has 0 saturated heterocycles. The van der Waals surface area contributed by atoms with E-state index in [0.29, 0.717) is 6.42 Å². The normalized spacial score (nSPS) is 19.7. The van der Waals surface area contributed by atoms with Gasteiger partial charge in [0.15, 0.2) is 5.78 Å². The lowest BCUT2D eigenvalue weighted by Crippen LogP contribution is -3.00. The van der Waals surface area contributed by atoms with Crippen LogP contribution in [0.1, 0.15) is 60.1 Å². The Bertz CT molecular complexity index is 1130. The standard InChI is InChI=1S/C25H27NO2S.ClH/c1-14-5-10-17-20(11-14)29-24-22(17)21(15-6-8-16(28-4)9-7-15)23-18(26-24)12-25(2,3)13-19(23)27;/h6-9,14H,5,10-13H2,1-4H3;1H/p-1. The van der Waals surface area contributed by atoms with Crippen LogP contribution in [0.3, 0.4) is 0 Å². The van der Waals surface area contributed by atoms with Crippen LogP contribution >= 0.6 is 11.3 Å². The van der Waals surface area contributed by atoms with E-state index in [0.717, 1.165) is 58.1 Å². The summed E-state index contributed by atoms with van der Waals surface area (Å²) in [4.78, 5) is 21.0. The molecular formula is C25H27ClNO2S-. The summed E-state index contributed by atoms with van der Waals surface area (Å²) in [6.07, 6.45) is 4.85. The third-order valence-electron chi connectivity index (χ3n) is 6.46. The molecule has 0 radical (unpaired) electrons. The molecule has 3 nitrogen and oxygen atoms in total. The average Bonchev–Trinajstić information content (AvgIpc) is 3.02. The van der Waals surface area contributed by atoms with Gasteiger partial charge in [-0.25, -0.2) is 4.98 Å². The molecule has 0 bridgehead atoms. The van der Waals surface area contributed by atoms with Gasteiger partial charge < -0.3 is 17.1 Å². The Labute approximate surface area is 188 Å². The summed E-state index contributed by atoms with van der Waals surface area (Å²) in [5.74, 6) is 1.79. The first-order chi connectivity index (χ1) is 13.9. The fraction of sp³-hybridized carbons (Fsp3) is 0.440. The Morgan fingerprint density at radius 3 is 2.57 bits per heavy atom. The van der Waals surface area contributed by atoms with Crippen LogP contribution in [0.25, 0.3) is 21.3 Å². The second-order valence-electron chi connectivity index (χ2n) is 9.51. The Morgan fingerprint density at radius 1 is 1.13 bits per heavy atom. The molecule has 0 aliphatic heterocycles. The maximum atomic E-state index is 13.3. The number of benzene rings is 1. The summed E-state index contributed by atoms with van der Waals surface area (Å²) in [5, 5.41) is 1.23. The summed E-state index contributed by atoms with van der Waals surface area (Å²) >= 11 is 1.85. The van der Waals surface area contributed by atoms with E-state index >= 15 is 0 Å². The molecule has 2 aromatic heterocycles. The lowest BCUT2D eigenvalue weighted by atomic mass is 9.73. The van der Waals surface area contributed by atoms with E-state index in [1.165, 1.54) is 22.2 Å². The number of rotatable bonds is 2. The number of halogens is 1. The van der Waals surface area contributed by atoms with Gasteiger partial charge in [0.05, 0.1) is 12.8 Å². The molecule has 0 N–H and O–H groups in total. The van der Waals surface area contributed by atoms with Crippen molar-refractivity contribution in [3.05, 3.63) is 46.0 Å². The van der Waals surface area contributed by atoms with Crippen LogP contribution in [0.4, 0.5) is 0 Å². The van der Waals surface area contributed by atoms with Crippen LogP contribution in [0.5, 0.6) is 5.75 Å². The lowest BCUT2D eigenvalue weighted by Gasteiger charge is -2.31. The summed E-state index contributed by atoms with van der Waals surface area (Å²) < 4.78 is 5.36. The zero-order chi connectivity index (χ0) is 20.3. The number of hydrogen-bond acceptors (Lipinski definition) is 4. The molecule has 2 aliphatic carbocycles. The molecule has 30 heavy (non-hydrogen) atoms. The molecule has 5 rings (SSSR count). The molecule has 0 saturated carbocycles. The minimum Gasteiger partial charge on any atom is -1.00 e. The van der Waals surface area contributed by atoms with Crippen molar-refractivity contribution in [3.8, 4) is 16.9 Å². The summed E-state index contributed by atoms with van der Waals surface area (Å²) in [5.41, 5.74) is 5.45. The first kappa shape index (κ1) is 21.3. The number of ether oxygens (including phenoxy) is 1. The summed E-state index contributed by atoms with van der Waals surface area (Å²) in [6.45, 7) is 6.68. The van der Waals surface area contributed by atoms with Gasteiger partial charge in [0, 0.05) is 27.8 Å². The maximum Gasteiger partial charge on any atom is 0.165 e. The van der Waals surface area contributed by atoms with E-state index < -0.39 is 0 Å². The minimum absolute atomic E-state index is 0. The maximum absolute atomic E-state index is 13.3. The Balaban J connectivity index is 0.00000218. The van der Waals surface area contributed by atoms with E-state index in [-0.39, 0.29) is 23.6 Å². The van der Waals surface area contributed by atoms with E-state index in [1.54, 1.807) is 7.11 Å². The number of aryl methyl sites for hydroxylation is 1. The molecule has 2 aliphatic rings. The number of carbonyl (C=O) groups excluding carboxylic acids is 1. The van der Waals surface area contributed by atoms with E-state index in [9.17, 15) is 4.79 Å². The average molecular weight is 441 g/mol. The number of thiophene rings is 1. The quantitative estimate of drug-likeness (QED) is 0.614. The van der Waals surface area contributed by atoms with Crippen molar-refractivity contribution in [1.82, 2.24) is 4.98 Å². The molecule has 2 heterocycles. The van der Waals surface area contributed by atoms with Gasteiger partial charge in [-0.05, 0) is 60.3 Å². The zero-order valence-corrected chi connectivity index (χ0v) is 19.5. The van der Waals surface area contributed by atoms with Crippen molar-refractivity contribution < 1.29 is 21.9 Å². The van der Waals surface area contributed by atoms with Crippen molar-refractivity contribution in [3.63, 3.8) is 0 Å². The van der Waals surface area contributed by atoms with Gasteiger partial charge in [-0.3, -0.25) is 4.79 Å². The number of pyridine rings is 1. The molecule has 1 aromatic carbocycles. The molecule has 1 atom stereocenters. The SMILES string of the molecule is COc1ccc(-c2c3c(nc4sc5c(c24)CCC(C)C5)CC(C)(C)CC3=O)cc1.[Cl-]. The number of fused-ring (bicyclic) bond motifs is 4. The highest BCUT2D eigenvalue weighted by Gasteiger charge is 2.36. The van der Waals surface area contributed by atoms with E-state index in [2.05, 4.69) is 32.9 Å². The van der Waals surface area contributed by atoms with Crippen molar-refractivity contribution in [2.24, 2.45) is 11.3 Å². The fourth-order valence-corrected chi connectivity index (χ4v) is 6.45. The fourth-order valence-electron chi connectivity index (χ4n) is 5.03. The van der Waals surface area contributed by atoms with Gasteiger partial charge in [0.25, 0.3) is 0 Å². The predicted octanol–water partition coefficient (Wildman–Crippen LogP) is 3.26. The number of aromatic nitrogens is 1. The van der Waals surface area contributed by atoms with Crippen LogP contribution in [0.15, 0.2) is 24.3 Å². The number of carbonyl (C=O) groups is 1. The Hall–Kier alpha value is -1.91. The molecule has 0 amide bonds. The van der Waals surface area contributed by atoms with Crippen LogP contribution in [-0.2, 0) is 19.3 Å². The number of hydrogen-bond donors (Lipinski definition) is 0. The number of ketones is 1. The number of nitrogens with zero attached hydrogens (tertiary/aromatic N) is 1. The van der Waals surface area contributed by atoms with Gasteiger partial charge >= 0.3 is 0 Å². The van der Waals surface area contributed by atoms with Crippen molar-refractivity contribution in [1.29, 1.82) is 0 Å². The highest BCUT2D eigenvalue weighted by atomic mass is 35.5. The van der Waals surface area contributed by atoms with Crippen molar-refractivity contribution in [2.75, 3.05) is 7.11 Å². The molecule has 0 spiro atoms. The molecule has 3 aromatic rings. The largest absolute Gasteiger partial charge is 1.00 e. The van der Waals surface area contributed by atoms with Crippen molar-refractivity contribution >= 4 is 27.3 Å².